The van der Waals surface area contributed by atoms with Crippen molar-refractivity contribution in [1.29, 1.82) is 5.26 Å². The van der Waals surface area contributed by atoms with Crippen molar-refractivity contribution in [1.82, 2.24) is 0 Å². The third-order valence-corrected chi connectivity index (χ3v) is 2.25. The Balaban J connectivity index is 3.08. The van der Waals surface area contributed by atoms with Crippen molar-refractivity contribution in [3.05, 3.63) is 28.2 Å². The lowest BCUT2D eigenvalue weighted by atomic mass is 10.2. The summed E-state index contributed by atoms with van der Waals surface area (Å²) in [5.41, 5.74) is 16.7. The van der Waals surface area contributed by atoms with Crippen LogP contribution in [0.4, 0.5) is 5.69 Å². The van der Waals surface area contributed by atoms with Crippen LogP contribution in [0.2, 0.25) is 0 Å². The molecule has 0 spiro atoms. The third-order valence-electron chi connectivity index (χ3n) is 1.56. The Morgan fingerprint density at radius 1 is 1.31 bits per heavy atom. The molecule has 0 aliphatic carbocycles. The summed E-state index contributed by atoms with van der Waals surface area (Å²) in [4.78, 5) is 7.48. The first-order valence-corrected chi connectivity index (χ1v) is 4.95. The number of hydrogen-bond acceptors (Lipinski definition) is 2. The number of nitriles is 1. The summed E-state index contributed by atoms with van der Waals surface area (Å²) >= 11 is 3.23. The number of nitrogens with zero attached hydrogens (tertiary/aromatic N) is 3. The lowest BCUT2D eigenvalue weighted by Crippen LogP contribution is -2.26. The smallest absolute Gasteiger partial charge is 0.223 e. The van der Waals surface area contributed by atoms with Crippen molar-refractivity contribution < 1.29 is 0 Å². The van der Waals surface area contributed by atoms with E-state index in [1.807, 2.05) is 6.07 Å². The molecule has 0 radical (unpaired) electrons. The molecule has 0 fully saturated rings. The van der Waals surface area contributed by atoms with Crippen molar-refractivity contribution >= 4 is 33.5 Å². The van der Waals surface area contributed by atoms with Gasteiger partial charge in [-0.2, -0.15) is 10.3 Å². The topological polar surface area (TPSA) is 127 Å². The van der Waals surface area contributed by atoms with E-state index in [4.69, 9.17) is 22.5 Å². The minimum absolute atomic E-state index is 0.0637. The van der Waals surface area contributed by atoms with Gasteiger partial charge in [0.05, 0.1) is 11.3 Å². The number of hydrogen-bond donors (Lipinski definition) is 3. The molecule has 0 aliphatic rings. The molecule has 1 aromatic rings. The Morgan fingerprint density at radius 2 is 2.00 bits per heavy atom. The molecule has 0 saturated heterocycles. The summed E-state index contributed by atoms with van der Waals surface area (Å²) in [6.07, 6.45) is 0. The van der Waals surface area contributed by atoms with Gasteiger partial charge in [0.1, 0.15) is 6.07 Å². The fraction of sp³-hybridized carbons (Fsp3) is 0. The molecule has 6 nitrogen and oxygen atoms in total. The van der Waals surface area contributed by atoms with Gasteiger partial charge in [-0.1, -0.05) is 0 Å². The van der Waals surface area contributed by atoms with Gasteiger partial charge < -0.3 is 17.2 Å². The monoisotopic (exact) mass is 280 g/mol. The predicted octanol–water partition coefficient (Wildman–Crippen LogP) is 0.540. The molecule has 0 atom stereocenters. The van der Waals surface area contributed by atoms with Crippen LogP contribution in [0.3, 0.4) is 0 Å². The minimum atomic E-state index is -0.168. The highest BCUT2D eigenvalue weighted by molar-refractivity contribution is 9.10. The second-order valence-electron chi connectivity index (χ2n) is 2.78. The van der Waals surface area contributed by atoms with Crippen LogP contribution in [0.15, 0.2) is 32.7 Å². The van der Waals surface area contributed by atoms with Crippen LogP contribution >= 0.6 is 15.9 Å². The standard InChI is InChI=1S/C9H9BrN6/c10-7-2-1-6(3-5(7)4-11)15-9(14)16-8(12)13/h1-3H,(H6,12,13,14,15,16). The molecule has 0 bridgehead atoms. The fourth-order valence-electron chi connectivity index (χ4n) is 0.958. The average Bonchev–Trinajstić information content (AvgIpc) is 2.19. The van der Waals surface area contributed by atoms with E-state index in [9.17, 15) is 0 Å². The summed E-state index contributed by atoms with van der Waals surface area (Å²) in [5.74, 6) is -0.231. The normalized spacial score (nSPS) is 10.6. The van der Waals surface area contributed by atoms with Crippen LogP contribution in [0.25, 0.3) is 0 Å². The van der Waals surface area contributed by atoms with Gasteiger partial charge in [0.25, 0.3) is 0 Å². The maximum absolute atomic E-state index is 8.80. The SMILES string of the molecule is N#Cc1cc(N=C(N)N=C(N)N)ccc1Br. The predicted molar refractivity (Wildman–Crippen MR) is 65.9 cm³/mol. The quantitative estimate of drug-likeness (QED) is 0.512. The van der Waals surface area contributed by atoms with Gasteiger partial charge in [-0.15, -0.1) is 0 Å². The van der Waals surface area contributed by atoms with E-state index in [2.05, 4.69) is 25.9 Å². The first-order chi connectivity index (χ1) is 7.52. The van der Waals surface area contributed by atoms with Gasteiger partial charge in [-0.05, 0) is 34.1 Å². The van der Waals surface area contributed by atoms with Crippen LogP contribution < -0.4 is 17.2 Å². The summed E-state index contributed by atoms with van der Waals surface area (Å²) in [6, 6.07) is 6.95. The lowest BCUT2D eigenvalue weighted by molar-refractivity contribution is 1.37. The molecule has 0 aliphatic heterocycles. The zero-order chi connectivity index (χ0) is 12.1. The highest BCUT2D eigenvalue weighted by atomic mass is 79.9. The van der Waals surface area contributed by atoms with Crippen molar-refractivity contribution in [2.45, 2.75) is 0 Å². The summed E-state index contributed by atoms with van der Waals surface area (Å²) in [6.45, 7) is 0. The molecule has 0 aromatic heterocycles. The molecule has 0 amide bonds. The van der Waals surface area contributed by atoms with Crippen molar-refractivity contribution in [3.63, 3.8) is 0 Å². The second kappa shape index (κ2) is 5.14. The molecule has 0 saturated carbocycles. The molecule has 16 heavy (non-hydrogen) atoms. The number of aliphatic imine (C=N–C) groups is 2. The average molecular weight is 281 g/mol. The Hall–Kier alpha value is -2.07. The first kappa shape index (κ1) is 12.0. The van der Waals surface area contributed by atoms with E-state index in [1.165, 1.54) is 0 Å². The first-order valence-electron chi connectivity index (χ1n) is 4.16. The number of nitrogens with two attached hydrogens (primary N) is 3. The highest BCUT2D eigenvalue weighted by Gasteiger charge is 2.00. The molecule has 1 rings (SSSR count). The Labute approximate surface area is 101 Å². The summed E-state index contributed by atoms with van der Waals surface area (Å²) in [7, 11) is 0. The van der Waals surface area contributed by atoms with Crippen LogP contribution in [0.1, 0.15) is 5.56 Å². The Morgan fingerprint density at radius 3 is 2.56 bits per heavy atom. The fourth-order valence-corrected chi connectivity index (χ4v) is 1.29. The van der Waals surface area contributed by atoms with Gasteiger partial charge in [-0.3, -0.25) is 0 Å². The highest BCUT2D eigenvalue weighted by Crippen LogP contribution is 2.22. The minimum Gasteiger partial charge on any atom is -0.370 e. The van der Waals surface area contributed by atoms with Crippen LogP contribution in [0, 0.1) is 11.3 Å². The maximum Gasteiger partial charge on any atom is 0.223 e. The summed E-state index contributed by atoms with van der Waals surface area (Å²) in [5, 5.41) is 8.80. The number of guanidine groups is 2. The largest absolute Gasteiger partial charge is 0.370 e. The van der Waals surface area contributed by atoms with E-state index >= 15 is 0 Å². The van der Waals surface area contributed by atoms with Crippen LogP contribution in [-0.2, 0) is 0 Å². The van der Waals surface area contributed by atoms with E-state index in [1.54, 1.807) is 18.2 Å². The zero-order valence-corrected chi connectivity index (χ0v) is 9.77. The number of benzene rings is 1. The Bertz CT molecular complexity index is 495. The molecular formula is C9H9BrN6. The molecule has 6 N–H and O–H groups in total. The second-order valence-corrected chi connectivity index (χ2v) is 3.64. The van der Waals surface area contributed by atoms with Gasteiger partial charge in [0, 0.05) is 4.47 Å². The van der Waals surface area contributed by atoms with Crippen LogP contribution in [-0.4, -0.2) is 11.9 Å². The van der Waals surface area contributed by atoms with Crippen LogP contribution in [0.5, 0.6) is 0 Å². The molecule has 0 heterocycles. The Kier molecular flexibility index (Phi) is 3.85. The van der Waals surface area contributed by atoms with Crippen molar-refractivity contribution in [3.8, 4) is 6.07 Å². The van der Waals surface area contributed by atoms with E-state index in [-0.39, 0.29) is 11.9 Å². The lowest BCUT2D eigenvalue weighted by Gasteiger charge is -1.98. The van der Waals surface area contributed by atoms with E-state index < -0.39 is 0 Å². The molecule has 7 heteroatoms. The van der Waals surface area contributed by atoms with Gasteiger partial charge in [0.2, 0.25) is 5.96 Å². The third kappa shape index (κ3) is 3.25. The van der Waals surface area contributed by atoms with Crippen molar-refractivity contribution in [2.75, 3.05) is 0 Å². The molecule has 82 valence electrons. The molecule has 1 aromatic carbocycles. The molecular weight excluding hydrogens is 272 g/mol. The van der Waals surface area contributed by atoms with E-state index in [0.29, 0.717) is 15.7 Å². The van der Waals surface area contributed by atoms with Gasteiger partial charge in [-0.25, -0.2) is 4.99 Å². The number of rotatable bonds is 1. The number of halogens is 1. The van der Waals surface area contributed by atoms with Gasteiger partial charge in [0.15, 0.2) is 5.96 Å². The zero-order valence-electron chi connectivity index (χ0n) is 8.18. The maximum atomic E-state index is 8.80. The molecule has 0 unspecified atom stereocenters. The summed E-state index contributed by atoms with van der Waals surface area (Å²) < 4.78 is 0.689. The van der Waals surface area contributed by atoms with Gasteiger partial charge >= 0.3 is 0 Å². The van der Waals surface area contributed by atoms with E-state index in [0.717, 1.165) is 0 Å². The van der Waals surface area contributed by atoms with Crippen molar-refractivity contribution in [2.24, 2.45) is 27.2 Å².